The topological polar surface area (TPSA) is 66.8 Å². The highest BCUT2D eigenvalue weighted by Crippen LogP contribution is 2.45. The number of carbonyl (C=O) groups is 2. The van der Waals surface area contributed by atoms with E-state index < -0.39 is 12.0 Å². The molecule has 0 aromatic heterocycles. The molecule has 1 unspecified atom stereocenters. The van der Waals surface area contributed by atoms with Crippen LogP contribution in [0.4, 0.5) is 0 Å². The molecule has 1 aliphatic heterocycles. The van der Waals surface area contributed by atoms with Crippen molar-refractivity contribution in [3.8, 4) is 5.75 Å². The zero-order chi connectivity index (χ0) is 16.3. The van der Waals surface area contributed by atoms with Crippen molar-refractivity contribution in [2.75, 3.05) is 18.6 Å². The fourth-order valence-electron chi connectivity index (χ4n) is 2.41. The SMILES string of the molecule is COc1ccccc1C1SC[C@@H](C(=O)O)N1C(=O)[C@H](C)CS. The van der Waals surface area contributed by atoms with Crippen molar-refractivity contribution < 1.29 is 19.4 Å². The second-order valence-corrected chi connectivity index (χ2v) is 6.59. The molecular formula is C15H19NO4S2. The molecule has 1 heterocycles. The molecule has 1 saturated heterocycles. The quantitative estimate of drug-likeness (QED) is 0.805. The smallest absolute Gasteiger partial charge is 0.327 e. The lowest BCUT2D eigenvalue weighted by atomic mass is 10.1. The summed E-state index contributed by atoms with van der Waals surface area (Å²) in [5.41, 5.74) is 0.818. The third kappa shape index (κ3) is 3.20. The zero-order valence-corrected chi connectivity index (χ0v) is 14.1. The standard InChI is InChI=1S/C15H19NO4S2/c1-9(7-21)13(17)16-11(15(18)19)8-22-14(16)10-5-3-4-6-12(10)20-2/h3-6,9,11,14,21H,7-8H2,1-2H3,(H,18,19)/t9-,11+,14?/m1/s1. The molecule has 1 aliphatic rings. The first-order chi connectivity index (χ1) is 10.5. The van der Waals surface area contributed by atoms with E-state index in [1.807, 2.05) is 24.3 Å². The van der Waals surface area contributed by atoms with Gasteiger partial charge in [0.25, 0.3) is 0 Å². The summed E-state index contributed by atoms with van der Waals surface area (Å²) >= 11 is 5.60. The molecule has 5 nitrogen and oxygen atoms in total. The minimum Gasteiger partial charge on any atom is -0.496 e. The second kappa shape index (κ2) is 7.28. The molecule has 0 spiro atoms. The number of rotatable bonds is 5. The Morgan fingerprint density at radius 1 is 1.50 bits per heavy atom. The lowest BCUT2D eigenvalue weighted by Crippen LogP contribution is -2.45. The molecule has 0 bridgehead atoms. The Kier molecular flexibility index (Phi) is 5.63. The Morgan fingerprint density at radius 3 is 2.77 bits per heavy atom. The van der Waals surface area contributed by atoms with Crippen molar-refractivity contribution in [3.05, 3.63) is 29.8 Å². The third-order valence-electron chi connectivity index (χ3n) is 3.64. The first-order valence-corrected chi connectivity index (χ1v) is 8.59. The van der Waals surface area contributed by atoms with Gasteiger partial charge < -0.3 is 14.7 Å². The first-order valence-electron chi connectivity index (χ1n) is 6.91. The van der Waals surface area contributed by atoms with Gasteiger partial charge in [-0.15, -0.1) is 11.8 Å². The van der Waals surface area contributed by atoms with Crippen molar-refractivity contribution in [3.63, 3.8) is 0 Å². The number of hydrogen-bond acceptors (Lipinski definition) is 5. The maximum Gasteiger partial charge on any atom is 0.327 e. The molecule has 7 heteroatoms. The van der Waals surface area contributed by atoms with Crippen LogP contribution in [0.3, 0.4) is 0 Å². The van der Waals surface area contributed by atoms with Gasteiger partial charge in [-0.05, 0) is 6.07 Å². The second-order valence-electron chi connectivity index (χ2n) is 5.11. The number of ether oxygens (including phenoxy) is 1. The first kappa shape index (κ1) is 17.0. The van der Waals surface area contributed by atoms with E-state index in [2.05, 4.69) is 12.6 Å². The zero-order valence-electron chi connectivity index (χ0n) is 12.4. The number of carbonyl (C=O) groups excluding carboxylic acids is 1. The molecule has 1 fully saturated rings. The lowest BCUT2D eigenvalue weighted by molar-refractivity contribution is -0.150. The molecule has 1 aromatic rings. The van der Waals surface area contributed by atoms with Crippen molar-refractivity contribution in [1.29, 1.82) is 0 Å². The largest absolute Gasteiger partial charge is 0.496 e. The number of carboxylic acid groups (broad SMARTS) is 1. The van der Waals surface area contributed by atoms with Crippen molar-refractivity contribution in [2.45, 2.75) is 18.3 Å². The average Bonchev–Trinajstić information content (AvgIpc) is 2.98. The summed E-state index contributed by atoms with van der Waals surface area (Å²) in [6.07, 6.45) is 0. The Labute approximate surface area is 139 Å². The lowest BCUT2D eigenvalue weighted by Gasteiger charge is -2.30. The predicted molar refractivity (Wildman–Crippen MR) is 89.5 cm³/mol. The van der Waals surface area contributed by atoms with E-state index in [-0.39, 0.29) is 17.2 Å². The molecule has 0 aliphatic carbocycles. The highest BCUT2D eigenvalue weighted by Gasteiger charge is 2.44. The third-order valence-corrected chi connectivity index (χ3v) is 5.49. The monoisotopic (exact) mass is 341 g/mol. The van der Waals surface area contributed by atoms with Crippen LogP contribution in [0.1, 0.15) is 17.9 Å². The Bertz CT molecular complexity index is 566. The van der Waals surface area contributed by atoms with Gasteiger partial charge >= 0.3 is 5.97 Å². The van der Waals surface area contributed by atoms with E-state index in [4.69, 9.17) is 4.74 Å². The van der Waals surface area contributed by atoms with E-state index in [0.717, 1.165) is 5.56 Å². The maximum atomic E-state index is 12.6. The van der Waals surface area contributed by atoms with E-state index >= 15 is 0 Å². The van der Waals surface area contributed by atoms with E-state index in [9.17, 15) is 14.7 Å². The van der Waals surface area contributed by atoms with Gasteiger partial charge in [0.05, 0.1) is 7.11 Å². The number of benzene rings is 1. The number of carboxylic acids is 1. The number of thioether (sulfide) groups is 1. The van der Waals surface area contributed by atoms with Crippen LogP contribution in [0.15, 0.2) is 24.3 Å². The highest BCUT2D eigenvalue weighted by atomic mass is 32.2. The van der Waals surface area contributed by atoms with Crippen LogP contribution in [-0.2, 0) is 9.59 Å². The van der Waals surface area contributed by atoms with Gasteiger partial charge in [-0.3, -0.25) is 4.79 Å². The minimum atomic E-state index is -0.982. The number of amides is 1. The van der Waals surface area contributed by atoms with E-state index in [1.165, 1.54) is 16.7 Å². The van der Waals surface area contributed by atoms with Crippen LogP contribution in [0, 0.1) is 5.92 Å². The summed E-state index contributed by atoms with van der Waals surface area (Å²) in [5.74, 6) is -0.106. The number of aliphatic carboxylic acids is 1. The van der Waals surface area contributed by atoms with E-state index in [1.54, 1.807) is 14.0 Å². The maximum absolute atomic E-state index is 12.6. The van der Waals surface area contributed by atoms with Gasteiger partial charge in [0.2, 0.25) is 5.91 Å². The number of para-hydroxylation sites is 1. The van der Waals surface area contributed by atoms with E-state index in [0.29, 0.717) is 17.3 Å². The Morgan fingerprint density at radius 2 is 2.18 bits per heavy atom. The average molecular weight is 341 g/mol. The van der Waals surface area contributed by atoms with Crippen molar-refractivity contribution in [2.24, 2.45) is 5.92 Å². The van der Waals surface area contributed by atoms with Gasteiger partial charge in [0, 0.05) is 23.0 Å². The summed E-state index contributed by atoms with van der Waals surface area (Å²) in [7, 11) is 1.57. The molecule has 3 atom stereocenters. The van der Waals surface area contributed by atoms with Gasteiger partial charge in [-0.2, -0.15) is 12.6 Å². The molecular weight excluding hydrogens is 322 g/mol. The summed E-state index contributed by atoms with van der Waals surface area (Å²) in [5, 5.41) is 9.07. The number of thiol groups is 1. The number of methoxy groups -OCH3 is 1. The van der Waals surface area contributed by atoms with Gasteiger partial charge in [0.1, 0.15) is 17.2 Å². The van der Waals surface area contributed by atoms with Crippen LogP contribution in [0.25, 0.3) is 0 Å². The fourth-order valence-corrected chi connectivity index (χ4v) is 4.02. The van der Waals surface area contributed by atoms with Crippen molar-refractivity contribution >= 4 is 36.3 Å². The fraction of sp³-hybridized carbons (Fsp3) is 0.467. The molecule has 0 radical (unpaired) electrons. The summed E-state index contributed by atoms with van der Waals surface area (Å²) in [6.45, 7) is 1.76. The summed E-state index contributed by atoms with van der Waals surface area (Å²) < 4.78 is 5.35. The molecule has 1 aromatic carbocycles. The van der Waals surface area contributed by atoms with Crippen molar-refractivity contribution in [1.82, 2.24) is 4.90 Å². The minimum absolute atomic E-state index is 0.191. The number of hydrogen-bond donors (Lipinski definition) is 2. The predicted octanol–water partition coefficient (Wildman–Crippen LogP) is 2.29. The molecule has 0 saturated carbocycles. The van der Waals surface area contributed by atoms with Crippen LogP contribution >= 0.6 is 24.4 Å². The van der Waals surface area contributed by atoms with Gasteiger partial charge in [0.15, 0.2) is 0 Å². The molecule has 22 heavy (non-hydrogen) atoms. The van der Waals surface area contributed by atoms with Crippen LogP contribution in [0.5, 0.6) is 5.75 Å². The summed E-state index contributed by atoms with van der Waals surface area (Å²) in [4.78, 5) is 25.6. The normalized spacial score (nSPS) is 22.4. The van der Waals surface area contributed by atoms with Gasteiger partial charge in [-0.1, -0.05) is 25.1 Å². The van der Waals surface area contributed by atoms with Crippen LogP contribution < -0.4 is 4.74 Å². The molecule has 1 amide bonds. The molecule has 120 valence electrons. The number of nitrogens with zero attached hydrogens (tertiary/aromatic N) is 1. The molecule has 1 N–H and O–H groups in total. The highest BCUT2D eigenvalue weighted by molar-refractivity contribution is 7.99. The molecule has 2 rings (SSSR count). The van der Waals surface area contributed by atoms with Gasteiger partial charge in [-0.25, -0.2) is 4.79 Å². The summed E-state index contributed by atoms with van der Waals surface area (Å²) in [6, 6.07) is 6.56. The Hall–Kier alpha value is -1.34. The van der Waals surface area contributed by atoms with Crippen LogP contribution in [0.2, 0.25) is 0 Å². The van der Waals surface area contributed by atoms with Crippen LogP contribution in [-0.4, -0.2) is 46.5 Å². The Balaban J connectivity index is 2.41.